The fraction of sp³-hybridized carbons (Fsp3) is 0.467. The Morgan fingerprint density at radius 1 is 1.25 bits per heavy atom. The third-order valence-electron chi connectivity index (χ3n) is 3.73. The summed E-state index contributed by atoms with van der Waals surface area (Å²) >= 11 is 5.13. The number of ether oxygens (including phenoxy) is 1. The molecule has 1 heterocycles. The van der Waals surface area contributed by atoms with Crippen molar-refractivity contribution < 1.29 is 9.53 Å². The Hall–Kier alpha value is -1.46. The fourth-order valence-corrected chi connectivity index (χ4v) is 2.90. The molecule has 0 spiro atoms. The predicted octanol–water partition coefficient (Wildman–Crippen LogP) is 2.32. The zero-order valence-corrected chi connectivity index (χ0v) is 12.7. The first-order chi connectivity index (χ1) is 9.44. The quantitative estimate of drug-likeness (QED) is 0.839. The molecule has 1 fully saturated rings. The number of carbonyl (C=O) groups is 1. The van der Waals surface area contributed by atoms with Gasteiger partial charge in [0.15, 0.2) is 0 Å². The van der Waals surface area contributed by atoms with E-state index in [2.05, 4.69) is 11.4 Å². The summed E-state index contributed by atoms with van der Waals surface area (Å²) in [4.78, 5) is 12.9. The van der Waals surface area contributed by atoms with Gasteiger partial charge in [-0.2, -0.15) is 0 Å². The van der Waals surface area contributed by atoms with Gasteiger partial charge < -0.3 is 15.8 Å². The van der Waals surface area contributed by atoms with Crippen molar-refractivity contribution in [2.75, 3.05) is 18.5 Å². The first-order valence-corrected chi connectivity index (χ1v) is 7.12. The smallest absolute Gasteiger partial charge is 0.237 e. The van der Waals surface area contributed by atoms with Crippen LogP contribution in [-0.2, 0) is 9.53 Å². The number of nitrogens with two attached hydrogens (primary N) is 1. The molecular formula is C15H20N2O2S. The van der Waals surface area contributed by atoms with Crippen molar-refractivity contribution in [1.29, 1.82) is 0 Å². The van der Waals surface area contributed by atoms with Crippen LogP contribution >= 0.6 is 12.2 Å². The lowest BCUT2D eigenvalue weighted by Gasteiger charge is -2.34. The van der Waals surface area contributed by atoms with Crippen LogP contribution in [0.3, 0.4) is 0 Å². The zero-order chi connectivity index (χ0) is 14.8. The van der Waals surface area contributed by atoms with Crippen LogP contribution in [0.1, 0.15) is 24.0 Å². The molecule has 3 N–H and O–H groups in total. The van der Waals surface area contributed by atoms with Crippen molar-refractivity contribution in [3.8, 4) is 0 Å². The number of amides is 1. The minimum atomic E-state index is -0.786. The second-order valence-corrected chi connectivity index (χ2v) is 5.83. The number of hydrogen-bond acceptors (Lipinski definition) is 3. The van der Waals surface area contributed by atoms with Gasteiger partial charge in [-0.05, 0) is 49.9 Å². The topological polar surface area (TPSA) is 64.4 Å². The van der Waals surface area contributed by atoms with Crippen LogP contribution < -0.4 is 11.1 Å². The lowest BCUT2D eigenvalue weighted by atomic mass is 9.79. The third kappa shape index (κ3) is 2.99. The number of thiocarbonyl (C=S) groups is 1. The van der Waals surface area contributed by atoms with E-state index in [0.29, 0.717) is 26.1 Å². The predicted molar refractivity (Wildman–Crippen MR) is 83.8 cm³/mol. The molecule has 1 aliphatic heterocycles. The van der Waals surface area contributed by atoms with Crippen LogP contribution in [0.5, 0.6) is 0 Å². The molecule has 0 aliphatic carbocycles. The number of carbonyl (C=O) groups excluding carboxylic acids is 1. The second-order valence-electron chi connectivity index (χ2n) is 5.39. The SMILES string of the molecule is Cc1cc(C)cc(NC(=O)C2(C(N)=S)CCOCC2)c1. The van der Waals surface area contributed by atoms with Crippen molar-refractivity contribution >= 4 is 28.8 Å². The molecule has 108 valence electrons. The molecule has 4 nitrogen and oxygen atoms in total. The highest BCUT2D eigenvalue weighted by atomic mass is 32.1. The maximum atomic E-state index is 12.6. The van der Waals surface area contributed by atoms with Crippen molar-refractivity contribution in [3.63, 3.8) is 0 Å². The Kier molecular flexibility index (Phi) is 4.40. The van der Waals surface area contributed by atoms with Gasteiger partial charge in [-0.3, -0.25) is 4.79 Å². The highest BCUT2D eigenvalue weighted by molar-refractivity contribution is 7.80. The number of aryl methyl sites for hydroxylation is 2. The molecular weight excluding hydrogens is 272 g/mol. The van der Waals surface area contributed by atoms with E-state index in [1.807, 2.05) is 26.0 Å². The largest absolute Gasteiger partial charge is 0.392 e. The minimum Gasteiger partial charge on any atom is -0.392 e. The Balaban J connectivity index is 2.22. The average Bonchev–Trinajstić information content (AvgIpc) is 2.38. The van der Waals surface area contributed by atoms with Crippen molar-refractivity contribution in [2.24, 2.45) is 11.1 Å². The maximum Gasteiger partial charge on any atom is 0.237 e. The highest BCUT2D eigenvalue weighted by Gasteiger charge is 2.43. The number of benzene rings is 1. The Morgan fingerprint density at radius 3 is 2.30 bits per heavy atom. The van der Waals surface area contributed by atoms with Gasteiger partial charge in [-0.25, -0.2) is 0 Å². The Bertz CT molecular complexity index is 516. The first-order valence-electron chi connectivity index (χ1n) is 6.71. The molecule has 5 heteroatoms. The first kappa shape index (κ1) is 14.9. The summed E-state index contributed by atoms with van der Waals surface area (Å²) in [6.07, 6.45) is 1.08. The Labute approximate surface area is 124 Å². The molecule has 1 aromatic rings. The molecule has 0 unspecified atom stereocenters. The fourth-order valence-electron chi connectivity index (χ4n) is 2.60. The monoisotopic (exact) mass is 292 g/mol. The third-order valence-corrected chi connectivity index (χ3v) is 4.12. The van der Waals surface area contributed by atoms with E-state index in [0.717, 1.165) is 16.8 Å². The van der Waals surface area contributed by atoms with E-state index >= 15 is 0 Å². The minimum absolute atomic E-state index is 0.127. The maximum absolute atomic E-state index is 12.6. The van der Waals surface area contributed by atoms with Crippen LogP contribution in [0, 0.1) is 19.3 Å². The van der Waals surface area contributed by atoms with Crippen LogP contribution in [0.4, 0.5) is 5.69 Å². The lowest BCUT2D eigenvalue weighted by Crippen LogP contribution is -2.49. The molecule has 0 saturated carbocycles. The standard InChI is InChI=1S/C15H20N2O2S/c1-10-7-11(2)9-12(8-10)17-14(18)15(13(16)20)3-5-19-6-4-15/h7-9H,3-6H2,1-2H3,(H2,16,20)(H,17,18). The zero-order valence-electron chi connectivity index (χ0n) is 11.9. The summed E-state index contributed by atoms with van der Waals surface area (Å²) in [6.45, 7) is 5.02. The van der Waals surface area contributed by atoms with Gasteiger partial charge in [0.2, 0.25) is 5.91 Å². The molecule has 0 atom stereocenters. The molecule has 0 radical (unpaired) electrons. The van der Waals surface area contributed by atoms with Gasteiger partial charge in [0.25, 0.3) is 0 Å². The normalized spacial score (nSPS) is 17.5. The van der Waals surface area contributed by atoms with E-state index in [1.54, 1.807) is 0 Å². The van der Waals surface area contributed by atoms with Gasteiger partial charge in [0.05, 0.1) is 4.99 Å². The molecule has 0 aromatic heterocycles. The summed E-state index contributed by atoms with van der Waals surface area (Å²) in [5, 5.41) is 2.95. The number of anilines is 1. The van der Waals surface area contributed by atoms with E-state index in [1.165, 1.54) is 0 Å². The average molecular weight is 292 g/mol. The van der Waals surface area contributed by atoms with E-state index in [-0.39, 0.29) is 10.9 Å². The molecule has 0 bridgehead atoms. The Morgan fingerprint density at radius 2 is 1.80 bits per heavy atom. The summed E-state index contributed by atoms with van der Waals surface area (Å²) in [6, 6.07) is 5.95. The van der Waals surface area contributed by atoms with Crippen LogP contribution in [0.25, 0.3) is 0 Å². The summed E-state index contributed by atoms with van der Waals surface area (Å²) in [5.74, 6) is -0.127. The van der Waals surface area contributed by atoms with Gasteiger partial charge in [0.1, 0.15) is 5.41 Å². The highest BCUT2D eigenvalue weighted by Crippen LogP contribution is 2.32. The van der Waals surface area contributed by atoms with Crippen LogP contribution in [0.2, 0.25) is 0 Å². The number of hydrogen-bond donors (Lipinski definition) is 2. The van der Waals surface area contributed by atoms with Gasteiger partial charge in [-0.15, -0.1) is 0 Å². The molecule has 1 amide bonds. The van der Waals surface area contributed by atoms with Crippen LogP contribution in [-0.4, -0.2) is 24.1 Å². The number of rotatable bonds is 3. The molecule has 1 saturated heterocycles. The van der Waals surface area contributed by atoms with E-state index in [4.69, 9.17) is 22.7 Å². The van der Waals surface area contributed by atoms with Crippen molar-refractivity contribution in [3.05, 3.63) is 29.3 Å². The van der Waals surface area contributed by atoms with Gasteiger partial charge in [-0.1, -0.05) is 18.3 Å². The van der Waals surface area contributed by atoms with E-state index < -0.39 is 5.41 Å². The molecule has 1 aliphatic rings. The van der Waals surface area contributed by atoms with E-state index in [9.17, 15) is 4.79 Å². The second kappa shape index (κ2) is 5.89. The molecule has 1 aromatic carbocycles. The summed E-state index contributed by atoms with van der Waals surface area (Å²) < 4.78 is 5.32. The molecule has 20 heavy (non-hydrogen) atoms. The molecule has 2 rings (SSSR count). The van der Waals surface area contributed by atoms with Gasteiger partial charge in [0, 0.05) is 18.9 Å². The summed E-state index contributed by atoms with van der Waals surface area (Å²) in [5.41, 5.74) is 8.05. The van der Waals surface area contributed by atoms with Crippen molar-refractivity contribution in [1.82, 2.24) is 0 Å². The number of nitrogens with one attached hydrogen (secondary N) is 1. The van der Waals surface area contributed by atoms with Gasteiger partial charge >= 0.3 is 0 Å². The van der Waals surface area contributed by atoms with Crippen molar-refractivity contribution in [2.45, 2.75) is 26.7 Å². The lowest BCUT2D eigenvalue weighted by molar-refractivity contribution is -0.126. The van der Waals surface area contributed by atoms with Crippen LogP contribution in [0.15, 0.2) is 18.2 Å². The summed E-state index contributed by atoms with van der Waals surface area (Å²) in [7, 11) is 0.